The van der Waals surface area contributed by atoms with Crippen molar-refractivity contribution < 1.29 is 9.53 Å². The number of thioether (sulfide) groups is 1. The van der Waals surface area contributed by atoms with E-state index in [4.69, 9.17) is 9.72 Å². The average Bonchev–Trinajstić information content (AvgIpc) is 2.99. The van der Waals surface area contributed by atoms with Gasteiger partial charge in [0, 0.05) is 18.3 Å². The van der Waals surface area contributed by atoms with Gasteiger partial charge in [0.1, 0.15) is 5.75 Å². The van der Waals surface area contributed by atoms with Crippen molar-refractivity contribution in [1.29, 1.82) is 0 Å². The molecule has 0 unspecified atom stereocenters. The quantitative estimate of drug-likeness (QED) is 0.715. The van der Waals surface area contributed by atoms with E-state index in [1.807, 2.05) is 24.3 Å². The Kier molecular flexibility index (Phi) is 6.83. The van der Waals surface area contributed by atoms with Gasteiger partial charge in [-0.1, -0.05) is 43.2 Å². The lowest BCUT2D eigenvalue weighted by Crippen LogP contribution is -2.25. The van der Waals surface area contributed by atoms with Crippen molar-refractivity contribution in [2.24, 2.45) is 0 Å². The SMILES string of the molecule is COc1ccc(CNC(=O)CSc2nc(C)c(C)n2C2CCCCC2)cc1. The van der Waals surface area contributed by atoms with Gasteiger partial charge < -0.3 is 14.6 Å². The number of hydrogen-bond donors (Lipinski definition) is 1. The van der Waals surface area contributed by atoms with Crippen molar-refractivity contribution in [2.75, 3.05) is 12.9 Å². The number of aromatic nitrogens is 2. The number of imidazole rings is 1. The van der Waals surface area contributed by atoms with Gasteiger partial charge in [-0.05, 0) is 44.4 Å². The molecular formula is C21H29N3O2S. The second-order valence-corrected chi connectivity index (χ2v) is 8.08. The number of carbonyl (C=O) groups is 1. The van der Waals surface area contributed by atoms with Gasteiger partial charge in [0.05, 0.1) is 18.6 Å². The molecule has 1 heterocycles. The molecule has 1 aliphatic carbocycles. The molecule has 3 rings (SSSR count). The smallest absolute Gasteiger partial charge is 0.230 e. The zero-order chi connectivity index (χ0) is 19.2. The Bertz CT molecular complexity index is 764. The Hall–Kier alpha value is -1.95. The maximum absolute atomic E-state index is 12.3. The summed E-state index contributed by atoms with van der Waals surface area (Å²) in [4.78, 5) is 17.0. The molecule has 1 fully saturated rings. The van der Waals surface area contributed by atoms with Crippen molar-refractivity contribution in [1.82, 2.24) is 14.9 Å². The van der Waals surface area contributed by atoms with Gasteiger partial charge in [-0.2, -0.15) is 0 Å². The topological polar surface area (TPSA) is 56.1 Å². The maximum Gasteiger partial charge on any atom is 0.230 e. The van der Waals surface area contributed by atoms with Crippen LogP contribution < -0.4 is 10.1 Å². The number of aryl methyl sites for hydroxylation is 1. The van der Waals surface area contributed by atoms with Crippen molar-refractivity contribution in [3.63, 3.8) is 0 Å². The maximum atomic E-state index is 12.3. The Balaban J connectivity index is 1.55. The van der Waals surface area contributed by atoms with E-state index in [1.165, 1.54) is 37.8 Å². The van der Waals surface area contributed by atoms with E-state index in [2.05, 4.69) is 23.7 Å². The first kappa shape index (κ1) is 19.8. The molecule has 1 aromatic heterocycles. The Morgan fingerprint density at radius 1 is 1.22 bits per heavy atom. The highest BCUT2D eigenvalue weighted by Crippen LogP contribution is 2.34. The number of rotatable bonds is 7. The second kappa shape index (κ2) is 9.31. The molecular weight excluding hydrogens is 358 g/mol. The van der Waals surface area contributed by atoms with Crippen LogP contribution >= 0.6 is 11.8 Å². The predicted molar refractivity (Wildman–Crippen MR) is 109 cm³/mol. The number of methoxy groups -OCH3 is 1. The van der Waals surface area contributed by atoms with Gasteiger partial charge in [-0.15, -0.1) is 0 Å². The number of ether oxygens (including phenoxy) is 1. The molecule has 0 saturated heterocycles. The Labute approximate surface area is 165 Å². The lowest BCUT2D eigenvalue weighted by atomic mass is 9.95. The fraction of sp³-hybridized carbons (Fsp3) is 0.524. The van der Waals surface area contributed by atoms with Crippen LogP contribution in [0.2, 0.25) is 0 Å². The van der Waals surface area contributed by atoms with Gasteiger partial charge in [-0.25, -0.2) is 4.98 Å². The van der Waals surface area contributed by atoms with Crippen molar-refractivity contribution in [2.45, 2.75) is 63.7 Å². The number of benzene rings is 1. The van der Waals surface area contributed by atoms with Crippen LogP contribution in [0.5, 0.6) is 5.75 Å². The number of amides is 1. The Morgan fingerprint density at radius 3 is 2.59 bits per heavy atom. The first-order chi connectivity index (χ1) is 13.1. The summed E-state index contributed by atoms with van der Waals surface area (Å²) in [6.45, 7) is 4.73. The zero-order valence-corrected chi connectivity index (χ0v) is 17.3. The molecule has 6 heteroatoms. The molecule has 1 aliphatic rings. The van der Waals surface area contributed by atoms with Gasteiger partial charge in [0.25, 0.3) is 0 Å². The van der Waals surface area contributed by atoms with Crippen molar-refractivity contribution in [3.8, 4) is 5.75 Å². The van der Waals surface area contributed by atoms with Gasteiger partial charge in [0.2, 0.25) is 5.91 Å². The molecule has 1 aromatic carbocycles. The molecule has 0 spiro atoms. The lowest BCUT2D eigenvalue weighted by molar-refractivity contribution is -0.118. The highest BCUT2D eigenvalue weighted by Gasteiger charge is 2.22. The fourth-order valence-electron chi connectivity index (χ4n) is 3.59. The number of nitrogens with one attached hydrogen (secondary N) is 1. The van der Waals surface area contributed by atoms with Crippen LogP contribution in [-0.4, -0.2) is 28.3 Å². The second-order valence-electron chi connectivity index (χ2n) is 7.14. The normalized spacial score (nSPS) is 14.9. The van der Waals surface area contributed by atoms with E-state index in [1.54, 1.807) is 18.9 Å². The monoisotopic (exact) mass is 387 g/mol. The van der Waals surface area contributed by atoms with Crippen LogP contribution in [0.4, 0.5) is 0 Å². The molecule has 27 heavy (non-hydrogen) atoms. The minimum atomic E-state index is 0.0318. The van der Waals surface area contributed by atoms with Crippen LogP contribution in [0.25, 0.3) is 0 Å². The van der Waals surface area contributed by atoms with E-state index in [0.29, 0.717) is 18.3 Å². The van der Waals surface area contributed by atoms with E-state index >= 15 is 0 Å². The number of hydrogen-bond acceptors (Lipinski definition) is 4. The predicted octanol–water partition coefficient (Wildman–Crippen LogP) is 4.42. The van der Waals surface area contributed by atoms with Gasteiger partial charge in [0.15, 0.2) is 5.16 Å². The largest absolute Gasteiger partial charge is 0.497 e. The summed E-state index contributed by atoms with van der Waals surface area (Å²) in [6, 6.07) is 8.28. The Morgan fingerprint density at radius 2 is 1.93 bits per heavy atom. The lowest BCUT2D eigenvalue weighted by Gasteiger charge is -2.26. The molecule has 146 valence electrons. The first-order valence-electron chi connectivity index (χ1n) is 9.66. The van der Waals surface area contributed by atoms with Gasteiger partial charge >= 0.3 is 0 Å². The molecule has 5 nitrogen and oxygen atoms in total. The first-order valence-corrected chi connectivity index (χ1v) is 10.6. The molecule has 2 aromatic rings. The summed E-state index contributed by atoms with van der Waals surface area (Å²) in [5, 5.41) is 3.97. The summed E-state index contributed by atoms with van der Waals surface area (Å²) in [5.41, 5.74) is 3.37. The van der Waals surface area contributed by atoms with E-state index in [-0.39, 0.29) is 5.91 Å². The summed E-state index contributed by atoms with van der Waals surface area (Å²) < 4.78 is 7.53. The summed E-state index contributed by atoms with van der Waals surface area (Å²) >= 11 is 1.54. The third kappa shape index (κ3) is 5.06. The van der Waals surface area contributed by atoms with Crippen LogP contribution in [-0.2, 0) is 11.3 Å². The summed E-state index contributed by atoms with van der Waals surface area (Å²) in [5.74, 6) is 1.24. The third-order valence-corrected chi connectivity index (χ3v) is 6.23. The molecule has 0 atom stereocenters. The minimum absolute atomic E-state index is 0.0318. The molecule has 0 aliphatic heterocycles. The minimum Gasteiger partial charge on any atom is -0.497 e. The average molecular weight is 388 g/mol. The van der Waals surface area contributed by atoms with E-state index < -0.39 is 0 Å². The van der Waals surface area contributed by atoms with Crippen LogP contribution in [0.15, 0.2) is 29.4 Å². The molecule has 0 radical (unpaired) electrons. The number of carbonyl (C=O) groups excluding carboxylic acids is 1. The molecule has 1 N–H and O–H groups in total. The van der Waals surface area contributed by atoms with E-state index in [0.717, 1.165) is 22.2 Å². The van der Waals surface area contributed by atoms with Gasteiger partial charge in [-0.3, -0.25) is 4.79 Å². The van der Waals surface area contributed by atoms with E-state index in [9.17, 15) is 4.79 Å². The fourth-order valence-corrected chi connectivity index (χ4v) is 4.58. The van der Waals surface area contributed by atoms with Crippen LogP contribution in [0, 0.1) is 13.8 Å². The van der Waals surface area contributed by atoms with Crippen LogP contribution in [0.1, 0.15) is 55.1 Å². The molecule has 0 bridgehead atoms. The highest BCUT2D eigenvalue weighted by molar-refractivity contribution is 7.99. The third-order valence-electron chi connectivity index (χ3n) is 5.28. The van der Waals surface area contributed by atoms with Crippen molar-refractivity contribution in [3.05, 3.63) is 41.2 Å². The van der Waals surface area contributed by atoms with Crippen LogP contribution in [0.3, 0.4) is 0 Å². The van der Waals surface area contributed by atoms with Crippen molar-refractivity contribution >= 4 is 17.7 Å². The summed E-state index contributed by atoms with van der Waals surface area (Å²) in [7, 11) is 1.65. The molecule has 1 amide bonds. The zero-order valence-electron chi connectivity index (χ0n) is 16.5. The highest BCUT2D eigenvalue weighted by atomic mass is 32.2. The molecule has 1 saturated carbocycles. The standard InChI is InChI=1S/C21H29N3O2S/c1-15-16(2)24(18-7-5-4-6-8-18)21(23-15)27-14-20(25)22-13-17-9-11-19(26-3)12-10-17/h9-12,18H,4-8,13-14H2,1-3H3,(H,22,25). The summed E-state index contributed by atoms with van der Waals surface area (Å²) in [6.07, 6.45) is 6.34. The number of nitrogens with zero attached hydrogens (tertiary/aromatic N) is 2.